The molecule has 1 aliphatic heterocycles. The van der Waals surface area contributed by atoms with Gasteiger partial charge in [-0.3, -0.25) is 0 Å². The van der Waals surface area contributed by atoms with Crippen LogP contribution in [-0.4, -0.2) is 53.1 Å². The fourth-order valence-electron chi connectivity index (χ4n) is 2.32. The summed E-state index contributed by atoms with van der Waals surface area (Å²) < 4.78 is 0. The largest absolute Gasteiger partial charge is 0.388 e. The first-order valence-corrected chi connectivity index (χ1v) is 6.52. The number of aromatic nitrogens is 2. The van der Waals surface area contributed by atoms with E-state index in [1.54, 1.807) is 12.4 Å². The second kappa shape index (κ2) is 5.58. The number of likely N-dealkylation sites (tertiary alicyclic amines) is 1. The number of hydrogen-bond acceptors (Lipinski definition) is 5. The molecule has 2 rings (SSSR count). The van der Waals surface area contributed by atoms with Crippen molar-refractivity contribution in [1.82, 2.24) is 14.9 Å². The molecule has 0 spiro atoms. The molecule has 1 aliphatic rings. The molecule has 1 aromatic heterocycles. The zero-order valence-corrected chi connectivity index (χ0v) is 11.7. The molecule has 1 aromatic rings. The molecule has 0 aliphatic carbocycles. The fourth-order valence-corrected chi connectivity index (χ4v) is 2.46. The zero-order chi connectivity index (χ0) is 13.1. The standard InChI is InChI=1S/C12H19N5S/c1-16-7-3-9(4-8-16)17(2)12-10(11(13)18)14-5-6-15-12/h5-6,9H,3-4,7-8H2,1-2H3,(H2,13,18). The van der Waals surface area contributed by atoms with Gasteiger partial charge in [-0.2, -0.15) is 0 Å². The molecule has 0 radical (unpaired) electrons. The van der Waals surface area contributed by atoms with Gasteiger partial charge in [0.1, 0.15) is 10.7 Å². The third kappa shape index (κ3) is 2.76. The average molecular weight is 265 g/mol. The van der Waals surface area contributed by atoms with E-state index < -0.39 is 0 Å². The van der Waals surface area contributed by atoms with Crippen molar-refractivity contribution >= 4 is 23.0 Å². The first kappa shape index (κ1) is 13.2. The van der Waals surface area contributed by atoms with Crippen LogP contribution in [0.1, 0.15) is 18.5 Å². The van der Waals surface area contributed by atoms with Gasteiger partial charge < -0.3 is 15.5 Å². The quantitative estimate of drug-likeness (QED) is 0.810. The number of thiocarbonyl (C=S) groups is 1. The Morgan fingerprint density at radius 2 is 2.00 bits per heavy atom. The van der Waals surface area contributed by atoms with Crippen LogP contribution in [0.15, 0.2) is 12.4 Å². The molecule has 0 unspecified atom stereocenters. The van der Waals surface area contributed by atoms with Gasteiger partial charge in [0, 0.05) is 25.5 Å². The lowest BCUT2D eigenvalue weighted by atomic mass is 10.0. The molecule has 18 heavy (non-hydrogen) atoms. The molecule has 0 atom stereocenters. The summed E-state index contributed by atoms with van der Waals surface area (Å²) in [6, 6.07) is 0.478. The van der Waals surface area contributed by atoms with Crippen molar-refractivity contribution in [2.45, 2.75) is 18.9 Å². The SMILES string of the molecule is CN1CCC(N(C)c2nccnc2C(N)=S)CC1. The van der Waals surface area contributed by atoms with Crippen LogP contribution in [0.5, 0.6) is 0 Å². The Bertz CT molecular complexity index is 428. The molecule has 0 aromatic carbocycles. The van der Waals surface area contributed by atoms with Crippen LogP contribution in [0.4, 0.5) is 5.82 Å². The molecule has 0 bridgehead atoms. The highest BCUT2D eigenvalue weighted by molar-refractivity contribution is 7.80. The number of anilines is 1. The van der Waals surface area contributed by atoms with E-state index in [1.165, 1.54) is 0 Å². The van der Waals surface area contributed by atoms with E-state index in [0.717, 1.165) is 31.7 Å². The van der Waals surface area contributed by atoms with E-state index >= 15 is 0 Å². The van der Waals surface area contributed by atoms with Gasteiger partial charge >= 0.3 is 0 Å². The van der Waals surface area contributed by atoms with Crippen LogP contribution >= 0.6 is 12.2 Å². The summed E-state index contributed by atoms with van der Waals surface area (Å²) in [5.41, 5.74) is 6.32. The first-order chi connectivity index (χ1) is 8.59. The minimum Gasteiger partial charge on any atom is -0.388 e. The monoisotopic (exact) mass is 265 g/mol. The average Bonchev–Trinajstić information content (AvgIpc) is 2.39. The van der Waals surface area contributed by atoms with E-state index in [0.29, 0.717) is 16.7 Å². The van der Waals surface area contributed by atoms with Crippen molar-refractivity contribution in [2.75, 3.05) is 32.1 Å². The van der Waals surface area contributed by atoms with Gasteiger partial charge in [-0.05, 0) is 33.0 Å². The molecule has 6 heteroatoms. The second-order valence-corrected chi connectivity index (χ2v) is 5.18. The fraction of sp³-hybridized carbons (Fsp3) is 0.583. The Kier molecular flexibility index (Phi) is 4.08. The Morgan fingerprint density at radius 1 is 1.39 bits per heavy atom. The molecule has 0 saturated carbocycles. The molecular weight excluding hydrogens is 246 g/mol. The van der Waals surface area contributed by atoms with Crippen molar-refractivity contribution < 1.29 is 0 Å². The second-order valence-electron chi connectivity index (χ2n) is 4.74. The number of hydrogen-bond donors (Lipinski definition) is 1. The van der Waals surface area contributed by atoms with Crippen molar-refractivity contribution in [3.8, 4) is 0 Å². The summed E-state index contributed by atoms with van der Waals surface area (Å²) in [5, 5.41) is 0. The smallest absolute Gasteiger partial charge is 0.157 e. The summed E-state index contributed by atoms with van der Waals surface area (Å²) in [6.45, 7) is 2.22. The minimum absolute atomic E-state index is 0.304. The van der Waals surface area contributed by atoms with E-state index in [9.17, 15) is 0 Å². The van der Waals surface area contributed by atoms with Crippen LogP contribution in [0.2, 0.25) is 0 Å². The number of nitrogens with two attached hydrogens (primary N) is 1. The van der Waals surface area contributed by atoms with Crippen molar-refractivity contribution in [2.24, 2.45) is 5.73 Å². The van der Waals surface area contributed by atoms with Crippen LogP contribution in [0.3, 0.4) is 0 Å². The van der Waals surface area contributed by atoms with Crippen LogP contribution in [0.25, 0.3) is 0 Å². The molecule has 1 saturated heterocycles. The maximum atomic E-state index is 5.70. The lowest BCUT2D eigenvalue weighted by Crippen LogP contribution is -2.43. The number of rotatable bonds is 3. The highest BCUT2D eigenvalue weighted by Gasteiger charge is 2.23. The van der Waals surface area contributed by atoms with Crippen molar-refractivity contribution in [3.63, 3.8) is 0 Å². The molecule has 5 nitrogen and oxygen atoms in total. The van der Waals surface area contributed by atoms with Crippen LogP contribution < -0.4 is 10.6 Å². The van der Waals surface area contributed by atoms with Crippen molar-refractivity contribution in [3.05, 3.63) is 18.1 Å². The van der Waals surface area contributed by atoms with E-state index in [1.807, 2.05) is 7.05 Å². The first-order valence-electron chi connectivity index (χ1n) is 6.11. The third-order valence-corrected chi connectivity index (χ3v) is 3.68. The van der Waals surface area contributed by atoms with Gasteiger partial charge in [0.15, 0.2) is 5.82 Å². The lowest BCUT2D eigenvalue weighted by Gasteiger charge is -2.36. The predicted octanol–water partition coefficient (Wildman–Crippen LogP) is 0.641. The highest BCUT2D eigenvalue weighted by atomic mass is 32.1. The molecule has 2 N–H and O–H groups in total. The van der Waals surface area contributed by atoms with Gasteiger partial charge in [-0.15, -0.1) is 0 Å². The molecule has 1 fully saturated rings. The van der Waals surface area contributed by atoms with Gasteiger partial charge in [0.2, 0.25) is 0 Å². The number of nitrogens with zero attached hydrogens (tertiary/aromatic N) is 4. The van der Waals surface area contributed by atoms with Gasteiger partial charge in [0.25, 0.3) is 0 Å². The minimum atomic E-state index is 0.304. The van der Waals surface area contributed by atoms with Gasteiger partial charge in [-0.1, -0.05) is 12.2 Å². The Balaban J connectivity index is 2.18. The third-order valence-electron chi connectivity index (χ3n) is 3.48. The van der Waals surface area contributed by atoms with Crippen LogP contribution in [0, 0.1) is 0 Å². The Morgan fingerprint density at radius 3 is 2.61 bits per heavy atom. The van der Waals surface area contributed by atoms with E-state index in [2.05, 4.69) is 26.8 Å². The molecule has 2 heterocycles. The molecule has 0 amide bonds. The molecule has 98 valence electrons. The lowest BCUT2D eigenvalue weighted by molar-refractivity contribution is 0.252. The maximum Gasteiger partial charge on any atom is 0.157 e. The maximum absolute atomic E-state index is 5.70. The predicted molar refractivity (Wildman–Crippen MR) is 76.8 cm³/mol. The van der Waals surface area contributed by atoms with E-state index in [4.69, 9.17) is 18.0 Å². The Labute approximate surface area is 113 Å². The topological polar surface area (TPSA) is 58.3 Å². The normalized spacial score (nSPS) is 17.7. The summed E-state index contributed by atoms with van der Waals surface area (Å²) >= 11 is 5.03. The summed E-state index contributed by atoms with van der Waals surface area (Å²) in [7, 11) is 4.20. The summed E-state index contributed by atoms with van der Waals surface area (Å²) in [5.74, 6) is 0.791. The zero-order valence-electron chi connectivity index (χ0n) is 10.8. The van der Waals surface area contributed by atoms with Crippen LogP contribution in [-0.2, 0) is 0 Å². The summed E-state index contributed by atoms with van der Waals surface area (Å²) in [4.78, 5) is 13.4. The highest BCUT2D eigenvalue weighted by Crippen LogP contribution is 2.21. The molecular formula is C12H19N5S. The van der Waals surface area contributed by atoms with E-state index in [-0.39, 0.29) is 0 Å². The number of piperidine rings is 1. The Hall–Kier alpha value is -1.27. The summed E-state index contributed by atoms with van der Waals surface area (Å²) in [6.07, 6.45) is 5.56. The van der Waals surface area contributed by atoms with Gasteiger partial charge in [-0.25, -0.2) is 9.97 Å². The van der Waals surface area contributed by atoms with Gasteiger partial charge in [0.05, 0.1) is 0 Å². The van der Waals surface area contributed by atoms with Crippen molar-refractivity contribution in [1.29, 1.82) is 0 Å².